The highest BCUT2D eigenvalue weighted by molar-refractivity contribution is 7.86. The van der Waals surface area contributed by atoms with Crippen LogP contribution in [0.15, 0.2) is 53.4 Å². The molecule has 0 radical (unpaired) electrons. The minimum Gasteiger partial charge on any atom is -0.262 e. The fraction of sp³-hybridized carbons (Fsp3) is 0.125. The fourth-order valence-electron chi connectivity index (χ4n) is 1.62. The van der Waals surface area contributed by atoms with E-state index >= 15 is 0 Å². The summed E-state index contributed by atoms with van der Waals surface area (Å²) in [5.74, 6) is 2.50. The number of aryl methyl sites for hydroxylation is 1. The summed E-state index contributed by atoms with van der Waals surface area (Å²) in [4.78, 5) is 0.156. The maximum absolute atomic E-state index is 12.0. The van der Waals surface area contributed by atoms with Crippen molar-refractivity contribution in [2.24, 2.45) is 0 Å². The van der Waals surface area contributed by atoms with Gasteiger partial charge < -0.3 is 0 Å². The lowest BCUT2D eigenvalue weighted by Crippen LogP contribution is -2.06. The van der Waals surface area contributed by atoms with E-state index in [0.717, 1.165) is 16.7 Å². The van der Waals surface area contributed by atoms with Gasteiger partial charge in [0, 0.05) is 5.56 Å². The molecule has 0 spiro atoms. The van der Waals surface area contributed by atoms with Crippen molar-refractivity contribution < 1.29 is 12.6 Å². The van der Waals surface area contributed by atoms with Gasteiger partial charge in [-0.25, -0.2) is 0 Å². The second-order valence-electron chi connectivity index (χ2n) is 4.37. The number of benzene rings is 2. The van der Waals surface area contributed by atoms with E-state index in [0.29, 0.717) is 0 Å². The molecule has 0 bridgehead atoms. The van der Waals surface area contributed by atoms with Crippen LogP contribution in [0.2, 0.25) is 0 Å². The smallest absolute Gasteiger partial charge is 0.262 e. The number of hydrogen-bond donors (Lipinski definition) is 0. The van der Waals surface area contributed by atoms with Gasteiger partial charge in [0.25, 0.3) is 10.1 Å². The van der Waals surface area contributed by atoms with Crippen LogP contribution in [0, 0.1) is 19.3 Å². The quantitative estimate of drug-likeness (QED) is 0.641. The maximum atomic E-state index is 12.0. The molecular formula is C16H14O3S. The van der Waals surface area contributed by atoms with Crippen molar-refractivity contribution in [2.75, 3.05) is 0 Å². The number of rotatable bonds is 4. The van der Waals surface area contributed by atoms with Gasteiger partial charge >= 0.3 is 0 Å². The summed E-state index contributed by atoms with van der Waals surface area (Å²) in [6.07, 6.45) is 5.25. The molecule has 2 rings (SSSR count). The molecule has 0 aromatic heterocycles. The average Bonchev–Trinajstić information content (AvgIpc) is 2.46. The molecule has 0 fully saturated rings. The molecule has 0 saturated carbocycles. The number of terminal acetylenes is 1. The lowest BCUT2D eigenvalue weighted by Gasteiger charge is -2.06. The van der Waals surface area contributed by atoms with Gasteiger partial charge in [0.05, 0.1) is 11.5 Å². The summed E-state index contributed by atoms with van der Waals surface area (Å²) >= 11 is 0. The Bertz CT molecular complexity index is 721. The molecule has 2 aromatic carbocycles. The third-order valence-corrected chi connectivity index (χ3v) is 4.09. The van der Waals surface area contributed by atoms with Crippen LogP contribution in [0.1, 0.15) is 16.7 Å². The van der Waals surface area contributed by atoms with E-state index in [-0.39, 0.29) is 11.5 Å². The van der Waals surface area contributed by atoms with E-state index in [4.69, 9.17) is 10.6 Å². The molecular weight excluding hydrogens is 272 g/mol. The molecule has 0 unspecified atom stereocenters. The van der Waals surface area contributed by atoms with Crippen molar-refractivity contribution in [1.29, 1.82) is 0 Å². The van der Waals surface area contributed by atoms with Gasteiger partial charge in [-0.15, -0.1) is 6.42 Å². The predicted octanol–water partition coefficient (Wildman–Crippen LogP) is 2.88. The normalized spacial score (nSPS) is 11.0. The Balaban J connectivity index is 2.09. The van der Waals surface area contributed by atoms with E-state index < -0.39 is 10.1 Å². The molecule has 0 atom stereocenters. The lowest BCUT2D eigenvalue weighted by atomic mass is 10.1. The largest absolute Gasteiger partial charge is 0.297 e. The summed E-state index contributed by atoms with van der Waals surface area (Å²) in [5.41, 5.74) is 2.49. The van der Waals surface area contributed by atoms with Crippen LogP contribution in [-0.2, 0) is 20.9 Å². The zero-order chi connectivity index (χ0) is 14.6. The minimum absolute atomic E-state index is 0.0128. The highest BCUT2D eigenvalue weighted by Gasteiger charge is 2.14. The second kappa shape index (κ2) is 5.91. The van der Waals surface area contributed by atoms with Gasteiger partial charge in [-0.2, -0.15) is 8.42 Å². The van der Waals surface area contributed by atoms with Crippen molar-refractivity contribution in [3.05, 3.63) is 65.2 Å². The van der Waals surface area contributed by atoms with Crippen LogP contribution in [0.25, 0.3) is 0 Å². The van der Waals surface area contributed by atoms with Gasteiger partial charge in [0.2, 0.25) is 0 Å². The minimum atomic E-state index is -3.73. The van der Waals surface area contributed by atoms with E-state index in [9.17, 15) is 8.42 Å². The monoisotopic (exact) mass is 286 g/mol. The van der Waals surface area contributed by atoms with Gasteiger partial charge in [-0.1, -0.05) is 35.7 Å². The summed E-state index contributed by atoms with van der Waals surface area (Å²) in [6.45, 7) is 1.88. The Labute approximate surface area is 119 Å². The van der Waals surface area contributed by atoms with E-state index in [2.05, 4.69) is 5.92 Å². The molecule has 0 aliphatic rings. The third-order valence-electron chi connectivity index (χ3n) is 2.81. The highest BCUT2D eigenvalue weighted by Crippen LogP contribution is 2.15. The summed E-state index contributed by atoms with van der Waals surface area (Å²) < 4.78 is 29.0. The predicted molar refractivity (Wildman–Crippen MR) is 77.5 cm³/mol. The van der Waals surface area contributed by atoms with Crippen LogP contribution >= 0.6 is 0 Å². The molecule has 0 amide bonds. The van der Waals surface area contributed by atoms with Crippen LogP contribution in [0.3, 0.4) is 0 Å². The van der Waals surface area contributed by atoms with Crippen LogP contribution < -0.4 is 0 Å². The molecule has 0 N–H and O–H groups in total. The maximum Gasteiger partial charge on any atom is 0.297 e. The van der Waals surface area contributed by atoms with Gasteiger partial charge in [0.15, 0.2) is 0 Å². The molecule has 4 heteroatoms. The SMILES string of the molecule is C#Cc1ccc(COS(=O)(=O)c2ccc(C)cc2)cc1. The van der Waals surface area contributed by atoms with Crippen molar-refractivity contribution in [3.63, 3.8) is 0 Å². The molecule has 102 valence electrons. The molecule has 20 heavy (non-hydrogen) atoms. The van der Waals surface area contributed by atoms with Crippen LogP contribution in [0.5, 0.6) is 0 Å². The van der Waals surface area contributed by atoms with E-state index in [1.807, 2.05) is 6.92 Å². The first-order chi connectivity index (χ1) is 9.51. The second-order valence-corrected chi connectivity index (χ2v) is 5.99. The molecule has 0 heterocycles. The molecule has 3 nitrogen and oxygen atoms in total. The molecule has 2 aromatic rings. The van der Waals surface area contributed by atoms with Crippen molar-refractivity contribution in [3.8, 4) is 12.3 Å². The zero-order valence-corrected chi connectivity index (χ0v) is 11.9. The Kier molecular flexibility index (Phi) is 4.23. The number of hydrogen-bond acceptors (Lipinski definition) is 3. The molecule has 0 aliphatic heterocycles. The first-order valence-electron chi connectivity index (χ1n) is 6.03. The molecule has 0 saturated heterocycles. The summed E-state index contributed by atoms with van der Waals surface area (Å²) in [5, 5.41) is 0. The first kappa shape index (κ1) is 14.3. The van der Waals surface area contributed by atoms with Crippen LogP contribution in [0.4, 0.5) is 0 Å². The average molecular weight is 286 g/mol. The van der Waals surface area contributed by atoms with Crippen molar-refractivity contribution in [2.45, 2.75) is 18.4 Å². The van der Waals surface area contributed by atoms with Crippen molar-refractivity contribution in [1.82, 2.24) is 0 Å². The zero-order valence-electron chi connectivity index (χ0n) is 11.0. The third kappa shape index (κ3) is 3.47. The van der Waals surface area contributed by atoms with Gasteiger partial charge in [-0.05, 0) is 36.8 Å². The summed E-state index contributed by atoms with van der Waals surface area (Å²) in [7, 11) is -3.73. The van der Waals surface area contributed by atoms with E-state index in [1.54, 1.807) is 36.4 Å². The standard InChI is InChI=1S/C16H14O3S/c1-3-14-6-8-15(9-7-14)12-19-20(17,18)16-10-4-13(2)5-11-16/h1,4-11H,12H2,2H3. The summed E-state index contributed by atoms with van der Waals surface area (Å²) in [6, 6.07) is 13.5. The van der Waals surface area contributed by atoms with E-state index in [1.165, 1.54) is 12.1 Å². The highest BCUT2D eigenvalue weighted by atomic mass is 32.2. The first-order valence-corrected chi connectivity index (χ1v) is 7.44. The van der Waals surface area contributed by atoms with Crippen LogP contribution in [-0.4, -0.2) is 8.42 Å². The lowest BCUT2D eigenvalue weighted by molar-refractivity contribution is 0.308. The van der Waals surface area contributed by atoms with Gasteiger partial charge in [0.1, 0.15) is 0 Å². The Morgan fingerprint density at radius 1 is 1.05 bits per heavy atom. The fourth-order valence-corrected chi connectivity index (χ4v) is 2.51. The Morgan fingerprint density at radius 2 is 1.65 bits per heavy atom. The topological polar surface area (TPSA) is 43.4 Å². The molecule has 0 aliphatic carbocycles. The van der Waals surface area contributed by atoms with Gasteiger partial charge in [-0.3, -0.25) is 4.18 Å². The Hall–Kier alpha value is -2.09. The van der Waals surface area contributed by atoms with Crippen molar-refractivity contribution >= 4 is 10.1 Å². The Morgan fingerprint density at radius 3 is 2.20 bits per heavy atom.